The zero-order valence-electron chi connectivity index (χ0n) is 19.2. The maximum Gasteiger partial charge on any atom is 0.243 e. The van der Waals surface area contributed by atoms with E-state index in [1.165, 1.54) is 8.61 Å². The molecule has 0 aliphatic heterocycles. The molecule has 2 aromatic rings. The number of halogens is 4. The summed E-state index contributed by atoms with van der Waals surface area (Å²) in [7, 11) is -7.46. The molecule has 0 bridgehead atoms. The Morgan fingerprint density at radius 1 is 0.556 bits per heavy atom. The minimum absolute atomic E-state index is 0.107. The molecule has 12 heteroatoms. The molecule has 0 fully saturated rings. The van der Waals surface area contributed by atoms with E-state index < -0.39 is 20.0 Å². The average Bonchev–Trinajstić information content (AvgIpc) is 2.84. The van der Waals surface area contributed by atoms with Gasteiger partial charge in [0.05, 0.1) is 9.79 Å². The molecule has 0 aliphatic rings. The molecule has 0 aliphatic carbocycles. The van der Waals surface area contributed by atoms with E-state index in [-0.39, 0.29) is 36.0 Å². The average molecular weight is 884 g/mol. The lowest BCUT2D eigenvalue weighted by molar-refractivity contribution is 0.465. The third kappa shape index (κ3) is 9.89. The number of rotatable bonds is 14. The molecule has 0 unspecified atom stereocenters. The minimum Gasteiger partial charge on any atom is -0.207 e. The van der Waals surface area contributed by atoms with Crippen LogP contribution in [0.5, 0.6) is 0 Å². The van der Waals surface area contributed by atoms with Crippen molar-refractivity contribution in [3.63, 3.8) is 0 Å². The van der Waals surface area contributed by atoms with Crippen molar-refractivity contribution in [1.82, 2.24) is 8.61 Å². The first-order chi connectivity index (χ1) is 17.1. The molecule has 0 spiro atoms. The molecule has 0 saturated carbocycles. The SMILES string of the molecule is O=S(=O)(c1ccc(I)cc1)N(C/C=C/CBr)C/C=C/CN(C/C=C/CBr)S(=O)(=O)c1ccc(I)cc1. The predicted molar refractivity (Wildman–Crippen MR) is 171 cm³/mol. The van der Waals surface area contributed by atoms with Crippen molar-refractivity contribution in [1.29, 1.82) is 0 Å². The molecule has 2 rings (SSSR count). The number of hydrogen-bond donors (Lipinski definition) is 0. The smallest absolute Gasteiger partial charge is 0.207 e. The van der Waals surface area contributed by atoms with Gasteiger partial charge >= 0.3 is 0 Å². The van der Waals surface area contributed by atoms with Crippen LogP contribution in [0, 0.1) is 7.14 Å². The van der Waals surface area contributed by atoms with Crippen LogP contribution in [-0.4, -0.2) is 62.3 Å². The van der Waals surface area contributed by atoms with E-state index in [2.05, 4.69) is 77.0 Å². The van der Waals surface area contributed by atoms with Crippen LogP contribution in [0.1, 0.15) is 0 Å². The molecular weight excluding hydrogens is 858 g/mol. The molecule has 0 saturated heterocycles. The van der Waals surface area contributed by atoms with Crippen LogP contribution >= 0.6 is 77.0 Å². The van der Waals surface area contributed by atoms with Gasteiger partial charge in [-0.25, -0.2) is 16.8 Å². The van der Waals surface area contributed by atoms with Crippen molar-refractivity contribution in [2.75, 3.05) is 36.8 Å². The number of sulfonamides is 2. The number of nitrogens with zero attached hydrogens (tertiary/aromatic N) is 2. The normalized spacial score (nSPS) is 13.2. The van der Waals surface area contributed by atoms with E-state index in [0.717, 1.165) is 7.14 Å². The summed E-state index contributed by atoms with van der Waals surface area (Å²) in [6, 6.07) is 13.4. The van der Waals surface area contributed by atoms with Crippen LogP contribution in [0.2, 0.25) is 0 Å². The standard InChI is InChI=1S/C24H26Br2I2N2O4S2/c25-15-1-3-17-29(35(31,32)23-11-7-21(27)8-12-23)19-5-6-20-30(18-4-2-16-26)36(33,34)24-13-9-22(28)10-14-24/h1-14H,15-20H2/b3-1+,4-2+,6-5+. The predicted octanol–water partition coefficient (Wildman–Crippen LogP) is 6.04. The second-order valence-corrected chi connectivity index (χ2v) is 14.9. The molecule has 0 heterocycles. The van der Waals surface area contributed by atoms with E-state index in [1.54, 1.807) is 72.8 Å². The van der Waals surface area contributed by atoms with Gasteiger partial charge in [-0.2, -0.15) is 8.61 Å². The third-order valence-electron chi connectivity index (χ3n) is 4.82. The number of benzene rings is 2. The van der Waals surface area contributed by atoms with Crippen molar-refractivity contribution in [3.8, 4) is 0 Å². The van der Waals surface area contributed by atoms with Crippen LogP contribution in [0.4, 0.5) is 0 Å². The topological polar surface area (TPSA) is 74.8 Å². The van der Waals surface area contributed by atoms with Gasteiger partial charge in [0.1, 0.15) is 0 Å². The second-order valence-electron chi connectivity index (χ2n) is 7.27. The monoisotopic (exact) mass is 882 g/mol. The summed E-state index contributed by atoms with van der Waals surface area (Å²) >= 11 is 10.9. The Balaban J connectivity index is 2.24. The fourth-order valence-corrected chi connectivity index (χ4v) is 6.88. The van der Waals surface area contributed by atoms with Gasteiger partial charge in [-0.3, -0.25) is 0 Å². The summed E-state index contributed by atoms with van der Waals surface area (Å²) in [6.45, 7) is 0.608. The van der Waals surface area contributed by atoms with Gasteiger partial charge in [-0.15, -0.1) is 0 Å². The summed E-state index contributed by atoms with van der Waals surface area (Å²) in [4.78, 5) is 0.428. The van der Waals surface area contributed by atoms with Gasteiger partial charge in [-0.05, 0) is 93.7 Å². The Bertz CT molecular complexity index is 1170. The Morgan fingerprint density at radius 2 is 0.833 bits per heavy atom. The molecule has 0 atom stereocenters. The van der Waals surface area contributed by atoms with Crippen molar-refractivity contribution in [2.45, 2.75) is 9.79 Å². The van der Waals surface area contributed by atoms with Gasteiger partial charge in [-0.1, -0.05) is 68.3 Å². The number of allylic oxidation sites excluding steroid dienone is 2. The molecule has 2 aromatic carbocycles. The van der Waals surface area contributed by atoms with Crippen molar-refractivity contribution >= 4 is 97.1 Å². The molecule has 0 amide bonds. The van der Waals surface area contributed by atoms with Gasteiger partial charge in [0.15, 0.2) is 0 Å². The van der Waals surface area contributed by atoms with Crippen molar-refractivity contribution in [2.24, 2.45) is 0 Å². The van der Waals surface area contributed by atoms with E-state index in [1.807, 2.05) is 12.2 Å². The van der Waals surface area contributed by atoms with Gasteiger partial charge < -0.3 is 0 Å². The van der Waals surface area contributed by atoms with Crippen LogP contribution in [0.3, 0.4) is 0 Å². The third-order valence-corrected chi connectivity index (χ3v) is 10.7. The summed E-state index contributed by atoms with van der Waals surface area (Å²) in [5, 5.41) is 1.24. The van der Waals surface area contributed by atoms with Crippen LogP contribution in [-0.2, 0) is 20.0 Å². The van der Waals surface area contributed by atoms with Crippen LogP contribution in [0.15, 0.2) is 94.8 Å². The molecule has 0 aromatic heterocycles. The number of alkyl halides is 2. The first-order valence-electron chi connectivity index (χ1n) is 10.7. The highest BCUT2D eigenvalue weighted by atomic mass is 127. The van der Waals surface area contributed by atoms with E-state index >= 15 is 0 Å². The van der Waals surface area contributed by atoms with Gasteiger partial charge in [0.2, 0.25) is 20.0 Å². The minimum atomic E-state index is -3.73. The highest BCUT2D eigenvalue weighted by Gasteiger charge is 2.24. The lowest BCUT2D eigenvalue weighted by atomic mass is 10.4. The summed E-state index contributed by atoms with van der Waals surface area (Å²) in [6.07, 6.45) is 10.6. The first kappa shape index (κ1) is 32.1. The summed E-state index contributed by atoms with van der Waals surface area (Å²) in [5.74, 6) is 0. The molecule has 6 nitrogen and oxygen atoms in total. The van der Waals surface area contributed by atoms with Gasteiger partial charge in [0.25, 0.3) is 0 Å². The Morgan fingerprint density at radius 3 is 1.11 bits per heavy atom. The molecule has 36 heavy (non-hydrogen) atoms. The van der Waals surface area contributed by atoms with Crippen LogP contribution < -0.4 is 0 Å². The second kappa shape index (κ2) is 16.1. The Labute approximate surface area is 258 Å². The van der Waals surface area contributed by atoms with E-state index in [9.17, 15) is 16.8 Å². The molecule has 196 valence electrons. The zero-order valence-corrected chi connectivity index (χ0v) is 28.3. The maximum atomic E-state index is 13.2. The summed E-state index contributed by atoms with van der Waals surface area (Å²) in [5.41, 5.74) is 0. The largest absolute Gasteiger partial charge is 0.243 e. The maximum absolute atomic E-state index is 13.2. The van der Waals surface area contributed by atoms with Crippen molar-refractivity contribution < 1.29 is 16.8 Å². The quantitative estimate of drug-likeness (QED) is 0.132. The van der Waals surface area contributed by atoms with Crippen LogP contribution in [0.25, 0.3) is 0 Å². The first-order valence-corrected chi connectivity index (χ1v) is 18.0. The van der Waals surface area contributed by atoms with E-state index in [0.29, 0.717) is 10.7 Å². The summed E-state index contributed by atoms with van der Waals surface area (Å²) < 4.78 is 57.5. The molecule has 0 radical (unpaired) electrons. The highest BCUT2D eigenvalue weighted by molar-refractivity contribution is 14.1. The highest BCUT2D eigenvalue weighted by Crippen LogP contribution is 2.19. The fraction of sp³-hybridized carbons (Fsp3) is 0.250. The Kier molecular flexibility index (Phi) is 14.4. The molecule has 0 N–H and O–H groups in total. The number of hydrogen-bond acceptors (Lipinski definition) is 4. The zero-order chi connectivity index (χ0) is 26.6. The van der Waals surface area contributed by atoms with Gasteiger partial charge in [0, 0.05) is 44.0 Å². The van der Waals surface area contributed by atoms with Crippen molar-refractivity contribution in [3.05, 3.63) is 92.1 Å². The lowest BCUT2D eigenvalue weighted by Crippen LogP contribution is -2.33. The lowest BCUT2D eigenvalue weighted by Gasteiger charge is -2.21. The van der Waals surface area contributed by atoms with E-state index in [4.69, 9.17) is 0 Å². The molecular formula is C24H26Br2I2N2O4S2. The Hall–Kier alpha value is -0.100. The fourth-order valence-electron chi connectivity index (χ4n) is 2.95.